The first-order valence-electron chi connectivity index (χ1n) is 7.62. The fourth-order valence-electron chi connectivity index (χ4n) is 2.34. The third kappa shape index (κ3) is 4.19. The van der Waals surface area contributed by atoms with Crippen LogP contribution in [0, 0.1) is 10.1 Å². The number of fused-ring (bicyclic) bond motifs is 1. The first-order chi connectivity index (χ1) is 12.4. The van der Waals surface area contributed by atoms with Crippen molar-refractivity contribution in [3.8, 4) is 0 Å². The van der Waals surface area contributed by atoms with Crippen LogP contribution < -0.4 is 10.6 Å². The van der Waals surface area contributed by atoms with Crippen LogP contribution in [0.3, 0.4) is 0 Å². The minimum Gasteiger partial charge on any atom is -0.326 e. The van der Waals surface area contributed by atoms with Crippen molar-refractivity contribution in [3.63, 3.8) is 0 Å². The zero-order valence-corrected chi connectivity index (χ0v) is 14.5. The molecule has 3 aromatic rings. The normalized spacial score (nSPS) is 10.5. The van der Waals surface area contributed by atoms with Crippen LogP contribution in [-0.2, 0) is 16.0 Å². The van der Waals surface area contributed by atoms with E-state index < -0.39 is 4.92 Å². The maximum atomic E-state index is 12.2. The van der Waals surface area contributed by atoms with Crippen molar-refractivity contribution in [2.24, 2.45) is 0 Å². The van der Waals surface area contributed by atoms with Crippen LogP contribution in [0.15, 0.2) is 42.5 Å². The topological polar surface area (TPSA) is 114 Å². The summed E-state index contributed by atoms with van der Waals surface area (Å²) in [6.07, 6.45) is 0.149. The summed E-state index contributed by atoms with van der Waals surface area (Å²) in [5.74, 6) is -0.405. The summed E-state index contributed by atoms with van der Waals surface area (Å²) in [5.41, 5.74) is 2.02. The lowest BCUT2D eigenvalue weighted by Gasteiger charge is -2.04. The third-order valence-electron chi connectivity index (χ3n) is 3.47. The quantitative estimate of drug-likeness (QED) is 0.528. The molecule has 26 heavy (non-hydrogen) atoms. The number of non-ortho nitro benzene ring substituents is 1. The number of aromatic nitrogens is 1. The summed E-state index contributed by atoms with van der Waals surface area (Å²) in [6, 6.07) is 11.3. The van der Waals surface area contributed by atoms with E-state index in [1.54, 1.807) is 30.3 Å². The van der Waals surface area contributed by atoms with Crippen LogP contribution in [0.1, 0.15) is 12.5 Å². The molecule has 0 aliphatic carbocycles. The van der Waals surface area contributed by atoms with Gasteiger partial charge in [-0.15, -0.1) is 0 Å². The summed E-state index contributed by atoms with van der Waals surface area (Å²) < 4.78 is 0.633. The molecule has 8 nitrogen and oxygen atoms in total. The molecule has 0 unspecified atom stereocenters. The molecule has 2 aromatic carbocycles. The predicted octanol–water partition coefficient (Wildman–Crippen LogP) is 3.34. The van der Waals surface area contributed by atoms with E-state index in [-0.39, 0.29) is 23.9 Å². The number of nitrogens with one attached hydrogen (secondary N) is 2. The van der Waals surface area contributed by atoms with Crippen molar-refractivity contribution < 1.29 is 14.5 Å². The number of amides is 2. The minimum atomic E-state index is -0.470. The van der Waals surface area contributed by atoms with E-state index in [2.05, 4.69) is 15.6 Å². The van der Waals surface area contributed by atoms with Gasteiger partial charge in [0, 0.05) is 24.7 Å². The Morgan fingerprint density at radius 3 is 2.54 bits per heavy atom. The van der Waals surface area contributed by atoms with Gasteiger partial charge in [0.25, 0.3) is 5.69 Å². The van der Waals surface area contributed by atoms with Gasteiger partial charge >= 0.3 is 0 Å². The molecule has 0 saturated carbocycles. The van der Waals surface area contributed by atoms with E-state index in [0.29, 0.717) is 21.0 Å². The number of anilines is 2. The molecule has 0 aliphatic rings. The zero-order chi connectivity index (χ0) is 18.7. The van der Waals surface area contributed by atoms with Crippen molar-refractivity contribution >= 4 is 49.9 Å². The van der Waals surface area contributed by atoms with Crippen molar-refractivity contribution in [1.29, 1.82) is 0 Å². The molecular formula is C17H14N4O4S. The Morgan fingerprint density at radius 1 is 1.15 bits per heavy atom. The standard InChI is InChI=1S/C17H14N4O4S/c1-10(22)18-12-4-2-11(3-5-12)8-16(23)20-17-19-14-7-6-13(21(24)25)9-15(14)26-17/h2-7,9H,8H2,1H3,(H,18,22)(H,19,20,23). The molecule has 0 aliphatic heterocycles. The highest BCUT2D eigenvalue weighted by Crippen LogP contribution is 2.29. The zero-order valence-electron chi connectivity index (χ0n) is 13.7. The summed E-state index contributed by atoms with van der Waals surface area (Å²) in [7, 11) is 0. The second-order valence-corrected chi connectivity index (χ2v) is 6.56. The molecule has 2 amide bonds. The lowest BCUT2D eigenvalue weighted by Crippen LogP contribution is -2.14. The molecule has 0 bridgehead atoms. The van der Waals surface area contributed by atoms with Crippen molar-refractivity contribution in [3.05, 3.63) is 58.1 Å². The Bertz CT molecular complexity index is 998. The lowest BCUT2D eigenvalue weighted by molar-refractivity contribution is -0.384. The van der Waals surface area contributed by atoms with Crippen molar-refractivity contribution in [2.45, 2.75) is 13.3 Å². The Hall–Kier alpha value is -3.33. The van der Waals surface area contributed by atoms with Gasteiger partial charge in [-0.1, -0.05) is 23.5 Å². The molecule has 9 heteroatoms. The first kappa shape index (κ1) is 17.5. The van der Waals surface area contributed by atoms with Crippen molar-refractivity contribution in [1.82, 2.24) is 4.98 Å². The number of nitro groups is 1. The van der Waals surface area contributed by atoms with E-state index in [4.69, 9.17) is 0 Å². The number of hydrogen-bond acceptors (Lipinski definition) is 6. The minimum absolute atomic E-state index is 0.0155. The number of rotatable bonds is 5. The summed E-state index contributed by atoms with van der Waals surface area (Å²) >= 11 is 1.18. The number of hydrogen-bond donors (Lipinski definition) is 2. The average molecular weight is 370 g/mol. The molecular weight excluding hydrogens is 356 g/mol. The van der Waals surface area contributed by atoms with Gasteiger partial charge in [0.2, 0.25) is 11.8 Å². The first-order valence-corrected chi connectivity index (χ1v) is 8.44. The molecule has 0 radical (unpaired) electrons. The number of benzene rings is 2. The Balaban J connectivity index is 1.66. The van der Waals surface area contributed by atoms with Gasteiger partial charge in [-0.2, -0.15) is 0 Å². The number of thiazole rings is 1. The molecule has 0 fully saturated rings. The SMILES string of the molecule is CC(=O)Nc1ccc(CC(=O)Nc2nc3ccc([N+](=O)[O-])cc3s2)cc1. The highest BCUT2D eigenvalue weighted by molar-refractivity contribution is 7.22. The van der Waals surface area contributed by atoms with Crippen LogP contribution >= 0.6 is 11.3 Å². The monoisotopic (exact) mass is 370 g/mol. The van der Waals surface area contributed by atoms with Crippen LogP contribution in [-0.4, -0.2) is 21.7 Å². The molecule has 1 heterocycles. The highest BCUT2D eigenvalue weighted by Gasteiger charge is 2.12. The summed E-state index contributed by atoms with van der Waals surface area (Å²) in [6.45, 7) is 1.42. The van der Waals surface area contributed by atoms with Crippen LogP contribution in [0.5, 0.6) is 0 Å². The Labute approximate surface area is 152 Å². The predicted molar refractivity (Wildman–Crippen MR) is 99.4 cm³/mol. The lowest BCUT2D eigenvalue weighted by atomic mass is 10.1. The molecule has 132 valence electrons. The average Bonchev–Trinajstić information content (AvgIpc) is 2.97. The van der Waals surface area contributed by atoms with Gasteiger partial charge in [-0.25, -0.2) is 4.98 Å². The van der Waals surface area contributed by atoms with Gasteiger partial charge in [0.1, 0.15) is 0 Å². The van der Waals surface area contributed by atoms with E-state index in [1.807, 2.05) is 0 Å². The molecule has 2 N–H and O–H groups in total. The van der Waals surface area contributed by atoms with Crippen LogP contribution in [0.25, 0.3) is 10.2 Å². The van der Waals surface area contributed by atoms with Gasteiger partial charge in [-0.3, -0.25) is 19.7 Å². The number of carbonyl (C=O) groups excluding carboxylic acids is 2. The Morgan fingerprint density at radius 2 is 1.88 bits per heavy atom. The molecule has 1 aromatic heterocycles. The van der Waals surface area contributed by atoms with E-state index in [9.17, 15) is 19.7 Å². The van der Waals surface area contributed by atoms with Crippen LogP contribution in [0.4, 0.5) is 16.5 Å². The highest BCUT2D eigenvalue weighted by atomic mass is 32.1. The molecule has 0 saturated heterocycles. The van der Waals surface area contributed by atoms with E-state index in [1.165, 1.54) is 30.4 Å². The second-order valence-electron chi connectivity index (χ2n) is 5.53. The molecule has 3 rings (SSSR count). The third-order valence-corrected chi connectivity index (χ3v) is 4.40. The summed E-state index contributed by atoms with van der Waals surface area (Å²) in [5, 5.41) is 16.6. The van der Waals surface area contributed by atoms with E-state index >= 15 is 0 Å². The Kier molecular flexibility index (Phi) is 4.90. The smallest absolute Gasteiger partial charge is 0.270 e. The molecule has 0 spiro atoms. The number of carbonyl (C=O) groups is 2. The summed E-state index contributed by atoms with van der Waals surface area (Å²) in [4.78, 5) is 37.8. The number of nitro benzene ring substituents is 1. The number of nitrogens with zero attached hydrogens (tertiary/aromatic N) is 2. The largest absolute Gasteiger partial charge is 0.326 e. The maximum absolute atomic E-state index is 12.2. The van der Waals surface area contributed by atoms with E-state index in [0.717, 1.165) is 5.56 Å². The molecule has 0 atom stereocenters. The fourth-order valence-corrected chi connectivity index (χ4v) is 3.25. The van der Waals surface area contributed by atoms with Gasteiger partial charge in [0.05, 0.1) is 21.6 Å². The van der Waals surface area contributed by atoms with Gasteiger partial charge in [0.15, 0.2) is 5.13 Å². The van der Waals surface area contributed by atoms with Gasteiger partial charge < -0.3 is 10.6 Å². The maximum Gasteiger partial charge on any atom is 0.270 e. The van der Waals surface area contributed by atoms with Crippen molar-refractivity contribution in [2.75, 3.05) is 10.6 Å². The fraction of sp³-hybridized carbons (Fsp3) is 0.118. The van der Waals surface area contributed by atoms with Gasteiger partial charge in [-0.05, 0) is 23.8 Å². The second kappa shape index (κ2) is 7.28. The van der Waals surface area contributed by atoms with Crippen LogP contribution in [0.2, 0.25) is 0 Å².